The zero-order valence-electron chi connectivity index (χ0n) is 11.5. The number of aryl methyl sites for hydroxylation is 1. The van der Waals surface area contributed by atoms with Gasteiger partial charge < -0.3 is 0 Å². The van der Waals surface area contributed by atoms with Crippen LogP contribution in [0.4, 0.5) is 45.3 Å². The van der Waals surface area contributed by atoms with Gasteiger partial charge in [0.05, 0.1) is 0 Å². The summed E-state index contributed by atoms with van der Waals surface area (Å²) in [6.45, 7) is 0.675. The molecule has 0 spiro atoms. The highest BCUT2D eigenvalue weighted by atomic mass is 19.4. The van der Waals surface area contributed by atoms with Crippen LogP contribution in [0.25, 0.3) is 0 Å². The fraction of sp³-hybridized carbons (Fsp3) is 0.400. The lowest BCUT2D eigenvalue weighted by Crippen LogP contribution is -2.50. The van der Waals surface area contributed by atoms with Crippen molar-refractivity contribution in [2.75, 3.05) is 4.90 Å². The van der Waals surface area contributed by atoms with Gasteiger partial charge in [-0.15, -0.1) is 5.10 Å². The predicted molar refractivity (Wildman–Crippen MR) is 58.2 cm³/mol. The van der Waals surface area contributed by atoms with Crippen LogP contribution in [0.2, 0.25) is 0 Å². The minimum absolute atomic E-state index is 0.108. The monoisotopic (exact) mass is 385 g/mol. The van der Waals surface area contributed by atoms with Crippen molar-refractivity contribution in [3.8, 4) is 0 Å². The van der Waals surface area contributed by atoms with Crippen LogP contribution in [-0.2, 0) is 9.59 Å². The Morgan fingerprint density at radius 3 is 1.60 bits per heavy atom. The van der Waals surface area contributed by atoms with E-state index in [1.807, 2.05) is 0 Å². The van der Waals surface area contributed by atoms with E-state index < -0.39 is 57.3 Å². The number of carbonyl (C=O) groups excluding carboxylic acids is 3. The van der Waals surface area contributed by atoms with Crippen molar-refractivity contribution in [1.29, 1.82) is 0 Å². The second-order valence-corrected chi connectivity index (χ2v) is 4.30. The van der Waals surface area contributed by atoms with Crippen LogP contribution < -0.4 is 4.90 Å². The van der Waals surface area contributed by atoms with E-state index >= 15 is 0 Å². The maximum absolute atomic E-state index is 12.4. The lowest BCUT2D eigenvalue weighted by atomic mass is 10.3. The SMILES string of the molecule is Cc1cc(N(C(=O)C(F)(F)F)C(=O)C(F)(F)F)nn1C(=O)C(F)(F)F. The van der Waals surface area contributed by atoms with Crippen LogP contribution in [0.15, 0.2) is 6.07 Å². The zero-order chi connectivity index (χ0) is 20.0. The molecular weight excluding hydrogens is 381 g/mol. The van der Waals surface area contributed by atoms with E-state index in [-0.39, 0.29) is 6.07 Å². The van der Waals surface area contributed by atoms with Crippen molar-refractivity contribution in [3.05, 3.63) is 11.8 Å². The van der Waals surface area contributed by atoms with Gasteiger partial charge in [-0.05, 0) is 6.92 Å². The minimum Gasteiger partial charge on any atom is -0.263 e. The molecule has 0 unspecified atom stereocenters. The zero-order valence-corrected chi connectivity index (χ0v) is 11.5. The molecule has 1 rings (SSSR count). The number of imide groups is 1. The summed E-state index contributed by atoms with van der Waals surface area (Å²) in [5.74, 6) is -11.2. The fourth-order valence-electron chi connectivity index (χ4n) is 1.45. The van der Waals surface area contributed by atoms with Gasteiger partial charge in [0.25, 0.3) is 0 Å². The van der Waals surface area contributed by atoms with E-state index in [4.69, 9.17) is 0 Å². The van der Waals surface area contributed by atoms with Gasteiger partial charge in [0.1, 0.15) is 0 Å². The molecule has 0 radical (unpaired) electrons. The topological polar surface area (TPSA) is 72.3 Å². The minimum atomic E-state index is -5.98. The first-order valence-electron chi connectivity index (χ1n) is 5.68. The van der Waals surface area contributed by atoms with E-state index in [9.17, 15) is 53.9 Å². The highest BCUT2D eigenvalue weighted by Crippen LogP contribution is 2.29. The molecule has 0 fully saturated rings. The molecule has 6 nitrogen and oxygen atoms in total. The number of halogens is 9. The summed E-state index contributed by atoms with van der Waals surface area (Å²) in [5.41, 5.74) is -0.868. The van der Waals surface area contributed by atoms with Crippen molar-refractivity contribution in [2.45, 2.75) is 25.5 Å². The molecule has 140 valence electrons. The van der Waals surface area contributed by atoms with Gasteiger partial charge >= 0.3 is 36.3 Å². The van der Waals surface area contributed by atoms with E-state index in [2.05, 4.69) is 5.10 Å². The molecule has 0 saturated carbocycles. The molecule has 0 atom stereocenters. The summed E-state index contributed by atoms with van der Waals surface area (Å²) < 4.78 is 111. The molecule has 0 aliphatic carbocycles. The Labute approximate surface area is 130 Å². The van der Waals surface area contributed by atoms with Gasteiger partial charge in [-0.3, -0.25) is 14.4 Å². The number of alkyl halides is 9. The highest BCUT2D eigenvalue weighted by molar-refractivity contribution is 6.17. The summed E-state index contributed by atoms with van der Waals surface area (Å²) in [5, 5.41) is 2.58. The third-order valence-electron chi connectivity index (χ3n) is 2.43. The summed E-state index contributed by atoms with van der Waals surface area (Å²) >= 11 is 0. The Kier molecular flexibility index (Phi) is 4.93. The molecule has 0 saturated heterocycles. The van der Waals surface area contributed by atoms with Crippen molar-refractivity contribution in [1.82, 2.24) is 9.78 Å². The van der Waals surface area contributed by atoms with Gasteiger partial charge in [-0.2, -0.15) is 44.2 Å². The van der Waals surface area contributed by atoms with Crippen LogP contribution in [0.1, 0.15) is 10.5 Å². The summed E-state index contributed by atoms with van der Waals surface area (Å²) in [4.78, 5) is 31.6. The summed E-state index contributed by atoms with van der Waals surface area (Å²) in [6.07, 6.45) is -17.5. The van der Waals surface area contributed by atoms with E-state index in [1.165, 1.54) is 0 Å². The second-order valence-electron chi connectivity index (χ2n) is 4.30. The summed E-state index contributed by atoms with van der Waals surface area (Å²) in [6, 6.07) is 0.108. The van der Waals surface area contributed by atoms with E-state index in [0.717, 1.165) is 0 Å². The average Bonchev–Trinajstić information content (AvgIpc) is 2.76. The van der Waals surface area contributed by atoms with Crippen molar-refractivity contribution in [3.63, 3.8) is 0 Å². The van der Waals surface area contributed by atoms with Crippen LogP contribution in [-0.4, -0.2) is 46.0 Å². The second kappa shape index (κ2) is 6.03. The standard InChI is InChI=1S/C10H4F9N3O3/c1-3-2-4(20-22(3)7(25)10(17,18)19)21(5(23)8(11,12)13)6(24)9(14,15)16/h2H,1H3. The molecule has 1 heterocycles. The molecular formula is C10H4F9N3O3. The molecule has 15 heteroatoms. The van der Waals surface area contributed by atoms with E-state index in [1.54, 1.807) is 0 Å². The number of hydrogen-bond acceptors (Lipinski definition) is 4. The maximum Gasteiger partial charge on any atom is 0.473 e. The molecule has 0 N–H and O–H groups in total. The van der Waals surface area contributed by atoms with E-state index in [0.29, 0.717) is 6.92 Å². The quantitative estimate of drug-likeness (QED) is 0.696. The summed E-state index contributed by atoms with van der Waals surface area (Å²) in [7, 11) is 0. The first kappa shape index (κ1) is 20.4. The van der Waals surface area contributed by atoms with Crippen molar-refractivity contribution < 1.29 is 53.9 Å². The van der Waals surface area contributed by atoms with Crippen molar-refractivity contribution >= 4 is 23.5 Å². The number of anilines is 1. The first-order chi connectivity index (χ1) is 11.0. The molecule has 0 aliphatic rings. The maximum atomic E-state index is 12.4. The number of aromatic nitrogens is 2. The number of nitrogens with zero attached hydrogens (tertiary/aromatic N) is 3. The Morgan fingerprint density at radius 1 is 0.880 bits per heavy atom. The first-order valence-corrected chi connectivity index (χ1v) is 5.68. The normalized spacial score (nSPS) is 12.9. The third kappa shape index (κ3) is 4.27. The van der Waals surface area contributed by atoms with Gasteiger partial charge in [0, 0.05) is 11.8 Å². The highest BCUT2D eigenvalue weighted by Gasteiger charge is 2.54. The molecule has 0 aromatic carbocycles. The molecule has 0 bridgehead atoms. The Morgan fingerprint density at radius 2 is 1.28 bits per heavy atom. The molecule has 2 amide bonds. The lowest BCUT2D eigenvalue weighted by molar-refractivity contribution is -0.182. The van der Waals surface area contributed by atoms with Crippen LogP contribution in [0.3, 0.4) is 0 Å². The van der Waals surface area contributed by atoms with Crippen LogP contribution in [0, 0.1) is 6.92 Å². The molecule has 1 aromatic heterocycles. The largest absolute Gasteiger partial charge is 0.473 e. The fourth-order valence-corrected chi connectivity index (χ4v) is 1.45. The average molecular weight is 385 g/mol. The van der Waals surface area contributed by atoms with Crippen molar-refractivity contribution in [2.24, 2.45) is 0 Å². The smallest absolute Gasteiger partial charge is 0.263 e. The number of hydrogen-bond donors (Lipinski definition) is 0. The Bertz CT molecular complexity index is 688. The van der Waals surface area contributed by atoms with Gasteiger partial charge in [0.2, 0.25) is 0 Å². The Balaban J connectivity index is 3.51. The number of rotatable bonds is 1. The number of carbonyl (C=O) groups is 3. The van der Waals surface area contributed by atoms with Gasteiger partial charge in [-0.25, -0.2) is 4.90 Å². The lowest BCUT2D eigenvalue weighted by Gasteiger charge is -2.20. The van der Waals surface area contributed by atoms with Crippen LogP contribution >= 0.6 is 0 Å². The molecule has 1 aromatic rings. The van der Waals surface area contributed by atoms with Gasteiger partial charge in [0.15, 0.2) is 5.82 Å². The number of amides is 2. The molecule has 25 heavy (non-hydrogen) atoms. The third-order valence-corrected chi connectivity index (χ3v) is 2.43. The predicted octanol–water partition coefficient (Wildman–Crippen LogP) is 2.38. The van der Waals surface area contributed by atoms with Gasteiger partial charge in [-0.1, -0.05) is 0 Å². The molecule has 0 aliphatic heterocycles. The van der Waals surface area contributed by atoms with Crippen LogP contribution in [0.5, 0.6) is 0 Å². The Hall–Kier alpha value is -2.61.